The smallest absolute Gasteiger partial charge is 0.240 e. The molecule has 1 heterocycles. The summed E-state index contributed by atoms with van der Waals surface area (Å²) >= 11 is 5.91. The fraction of sp³-hybridized carbons (Fsp3) is 0.467. The van der Waals surface area contributed by atoms with Crippen LogP contribution in [0.1, 0.15) is 43.6 Å². The highest BCUT2D eigenvalue weighted by molar-refractivity contribution is 6.30. The molecule has 0 amide bonds. The van der Waals surface area contributed by atoms with E-state index in [1.165, 1.54) is 5.56 Å². The van der Waals surface area contributed by atoms with Crippen LogP contribution in [0, 0.1) is 0 Å². The molecular formula is C15H20ClN3O. The van der Waals surface area contributed by atoms with Gasteiger partial charge < -0.3 is 4.52 Å². The molecule has 0 fully saturated rings. The van der Waals surface area contributed by atoms with Gasteiger partial charge in [-0.1, -0.05) is 35.8 Å². The molecule has 20 heavy (non-hydrogen) atoms. The molecule has 0 N–H and O–H groups in total. The van der Waals surface area contributed by atoms with Gasteiger partial charge in [0.15, 0.2) is 5.82 Å². The van der Waals surface area contributed by atoms with E-state index in [2.05, 4.69) is 28.9 Å². The highest BCUT2D eigenvalue weighted by atomic mass is 35.5. The molecule has 108 valence electrons. The van der Waals surface area contributed by atoms with Gasteiger partial charge in [-0.25, -0.2) is 0 Å². The third kappa shape index (κ3) is 3.81. The van der Waals surface area contributed by atoms with Crippen LogP contribution >= 0.6 is 11.6 Å². The lowest BCUT2D eigenvalue weighted by atomic mass is 10.1. The van der Waals surface area contributed by atoms with Crippen molar-refractivity contribution >= 4 is 11.6 Å². The van der Waals surface area contributed by atoms with Gasteiger partial charge in [-0.05, 0) is 38.1 Å². The van der Waals surface area contributed by atoms with Crippen LogP contribution in [0.3, 0.4) is 0 Å². The van der Waals surface area contributed by atoms with Gasteiger partial charge >= 0.3 is 0 Å². The summed E-state index contributed by atoms with van der Waals surface area (Å²) in [4.78, 5) is 6.56. The van der Waals surface area contributed by atoms with Crippen molar-refractivity contribution in [1.29, 1.82) is 0 Å². The average molecular weight is 294 g/mol. The van der Waals surface area contributed by atoms with E-state index < -0.39 is 0 Å². The Morgan fingerprint density at radius 2 is 2.00 bits per heavy atom. The maximum Gasteiger partial charge on any atom is 0.240 e. The van der Waals surface area contributed by atoms with Crippen LogP contribution in [0.2, 0.25) is 5.02 Å². The Labute approximate surface area is 124 Å². The molecule has 1 unspecified atom stereocenters. The van der Waals surface area contributed by atoms with Crippen molar-refractivity contribution in [3.63, 3.8) is 0 Å². The zero-order valence-corrected chi connectivity index (χ0v) is 12.9. The number of aromatic nitrogens is 2. The zero-order chi connectivity index (χ0) is 14.5. The standard InChI is InChI=1S/C15H20ClN3O/c1-4-5-14-17-15(20-18-14)10-19(3)11(2)12-6-8-13(16)9-7-12/h6-9,11H,4-5,10H2,1-3H3. The molecule has 0 saturated heterocycles. The monoisotopic (exact) mass is 293 g/mol. The Balaban J connectivity index is 1.99. The van der Waals surface area contributed by atoms with Crippen LogP contribution < -0.4 is 0 Å². The van der Waals surface area contributed by atoms with Crippen LogP contribution in [0.25, 0.3) is 0 Å². The molecule has 5 heteroatoms. The highest BCUT2D eigenvalue weighted by Crippen LogP contribution is 2.22. The second kappa shape index (κ2) is 6.86. The molecule has 0 radical (unpaired) electrons. The molecular weight excluding hydrogens is 274 g/mol. The van der Waals surface area contributed by atoms with Gasteiger partial charge in [-0.3, -0.25) is 4.90 Å². The van der Waals surface area contributed by atoms with E-state index in [-0.39, 0.29) is 6.04 Å². The lowest BCUT2D eigenvalue weighted by molar-refractivity contribution is 0.216. The van der Waals surface area contributed by atoms with E-state index in [4.69, 9.17) is 16.1 Å². The third-order valence-electron chi connectivity index (χ3n) is 3.38. The number of benzene rings is 1. The molecule has 0 spiro atoms. The van der Waals surface area contributed by atoms with Crippen molar-refractivity contribution in [3.8, 4) is 0 Å². The first kappa shape index (κ1) is 15.0. The van der Waals surface area contributed by atoms with Gasteiger partial charge in [0, 0.05) is 17.5 Å². The minimum absolute atomic E-state index is 0.258. The van der Waals surface area contributed by atoms with E-state index in [0.29, 0.717) is 12.4 Å². The number of halogens is 1. The fourth-order valence-electron chi connectivity index (χ4n) is 2.03. The summed E-state index contributed by atoms with van der Waals surface area (Å²) in [5, 5.41) is 4.73. The summed E-state index contributed by atoms with van der Waals surface area (Å²) < 4.78 is 5.27. The molecule has 0 aliphatic heterocycles. The predicted molar refractivity (Wildman–Crippen MR) is 79.6 cm³/mol. The molecule has 2 aromatic rings. The molecule has 0 aliphatic carbocycles. The second-order valence-electron chi connectivity index (χ2n) is 5.00. The second-order valence-corrected chi connectivity index (χ2v) is 5.43. The number of aryl methyl sites for hydroxylation is 1. The first-order chi connectivity index (χ1) is 9.60. The number of nitrogens with zero attached hydrogens (tertiary/aromatic N) is 3. The molecule has 0 aliphatic rings. The van der Waals surface area contributed by atoms with Crippen molar-refractivity contribution in [1.82, 2.24) is 15.0 Å². The minimum Gasteiger partial charge on any atom is -0.338 e. The maximum atomic E-state index is 5.91. The van der Waals surface area contributed by atoms with E-state index in [1.807, 2.05) is 31.3 Å². The van der Waals surface area contributed by atoms with Crippen molar-refractivity contribution in [3.05, 3.63) is 46.6 Å². The molecule has 1 atom stereocenters. The van der Waals surface area contributed by atoms with Gasteiger partial charge in [-0.2, -0.15) is 4.98 Å². The Bertz CT molecular complexity index is 538. The van der Waals surface area contributed by atoms with Crippen molar-refractivity contribution in [2.45, 2.75) is 39.3 Å². The van der Waals surface area contributed by atoms with Gasteiger partial charge in [0.2, 0.25) is 5.89 Å². The number of hydrogen-bond donors (Lipinski definition) is 0. The highest BCUT2D eigenvalue weighted by Gasteiger charge is 2.15. The predicted octanol–water partition coefficient (Wildman–Crippen LogP) is 3.87. The van der Waals surface area contributed by atoms with Crippen LogP contribution in [-0.4, -0.2) is 22.1 Å². The summed E-state index contributed by atoms with van der Waals surface area (Å²) in [5.41, 5.74) is 1.21. The van der Waals surface area contributed by atoms with Crippen LogP contribution in [0.4, 0.5) is 0 Å². The van der Waals surface area contributed by atoms with Crippen molar-refractivity contribution in [2.75, 3.05) is 7.05 Å². The maximum absolute atomic E-state index is 5.91. The Hall–Kier alpha value is -1.39. The quantitative estimate of drug-likeness (QED) is 0.811. The van der Waals surface area contributed by atoms with Crippen molar-refractivity contribution < 1.29 is 4.52 Å². The van der Waals surface area contributed by atoms with E-state index in [1.54, 1.807) is 0 Å². The lowest BCUT2D eigenvalue weighted by Crippen LogP contribution is -2.22. The molecule has 1 aromatic heterocycles. The molecule has 1 aromatic carbocycles. The first-order valence-electron chi connectivity index (χ1n) is 6.87. The summed E-state index contributed by atoms with van der Waals surface area (Å²) in [6, 6.07) is 8.16. The lowest BCUT2D eigenvalue weighted by Gasteiger charge is -2.23. The van der Waals surface area contributed by atoms with E-state index >= 15 is 0 Å². The summed E-state index contributed by atoms with van der Waals surface area (Å²) in [7, 11) is 2.04. The van der Waals surface area contributed by atoms with Gasteiger partial charge in [-0.15, -0.1) is 0 Å². The Kier molecular flexibility index (Phi) is 5.15. The normalized spacial score (nSPS) is 12.8. The summed E-state index contributed by atoms with van der Waals surface area (Å²) in [6.45, 7) is 4.89. The topological polar surface area (TPSA) is 42.2 Å². The van der Waals surface area contributed by atoms with Crippen LogP contribution in [0.15, 0.2) is 28.8 Å². The SMILES string of the molecule is CCCc1noc(CN(C)C(C)c2ccc(Cl)cc2)n1. The van der Waals surface area contributed by atoms with Gasteiger partial charge in [0.25, 0.3) is 0 Å². The molecule has 0 saturated carbocycles. The fourth-order valence-corrected chi connectivity index (χ4v) is 2.15. The summed E-state index contributed by atoms with van der Waals surface area (Å²) in [6.07, 6.45) is 1.88. The minimum atomic E-state index is 0.258. The number of hydrogen-bond acceptors (Lipinski definition) is 4. The first-order valence-corrected chi connectivity index (χ1v) is 7.25. The molecule has 4 nitrogen and oxygen atoms in total. The average Bonchev–Trinajstić information content (AvgIpc) is 2.86. The summed E-state index contributed by atoms with van der Waals surface area (Å²) in [5.74, 6) is 1.45. The molecule has 0 bridgehead atoms. The van der Waals surface area contributed by atoms with E-state index in [9.17, 15) is 0 Å². The van der Waals surface area contributed by atoms with Gasteiger partial charge in [0.1, 0.15) is 0 Å². The number of rotatable bonds is 6. The van der Waals surface area contributed by atoms with E-state index in [0.717, 1.165) is 23.7 Å². The van der Waals surface area contributed by atoms with Crippen LogP contribution in [-0.2, 0) is 13.0 Å². The van der Waals surface area contributed by atoms with Crippen molar-refractivity contribution in [2.24, 2.45) is 0 Å². The zero-order valence-electron chi connectivity index (χ0n) is 12.1. The Morgan fingerprint density at radius 1 is 1.30 bits per heavy atom. The van der Waals surface area contributed by atoms with Crippen LogP contribution in [0.5, 0.6) is 0 Å². The Morgan fingerprint density at radius 3 is 2.65 bits per heavy atom. The molecule has 2 rings (SSSR count). The van der Waals surface area contributed by atoms with Gasteiger partial charge in [0.05, 0.1) is 6.54 Å². The third-order valence-corrected chi connectivity index (χ3v) is 3.63. The largest absolute Gasteiger partial charge is 0.338 e.